The van der Waals surface area contributed by atoms with Gasteiger partial charge in [0.15, 0.2) is 6.10 Å². The number of carbonyl (C=O) groups is 2. The van der Waals surface area contributed by atoms with E-state index in [9.17, 15) is 33.0 Å². The summed E-state index contributed by atoms with van der Waals surface area (Å²) in [5, 5.41) is 21.5. The minimum atomic E-state index is -4.52. The highest BCUT2D eigenvalue weighted by atomic mass is 19.4. The quantitative estimate of drug-likeness (QED) is 0.498. The van der Waals surface area contributed by atoms with Crippen molar-refractivity contribution in [1.29, 1.82) is 0 Å². The molecule has 0 heterocycles. The van der Waals surface area contributed by atoms with Crippen LogP contribution in [0.5, 0.6) is 0 Å². The number of aliphatic hydroxyl groups is 1. The van der Waals surface area contributed by atoms with E-state index in [-0.39, 0.29) is 12.0 Å². The molecule has 0 saturated carbocycles. The van der Waals surface area contributed by atoms with E-state index >= 15 is 0 Å². The Morgan fingerprint density at radius 2 is 1.59 bits per heavy atom. The third kappa shape index (κ3) is 7.99. The van der Waals surface area contributed by atoms with Crippen LogP contribution in [0.1, 0.15) is 69.1 Å². The van der Waals surface area contributed by atoms with Crippen molar-refractivity contribution in [3.63, 3.8) is 0 Å². The van der Waals surface area contributed by atoms with Gasteiger partial charge in [-0.1, -0.05) is 57.6 Å². The molecule has 0 aliphatic heterocycles. The van der Waals surface area contributed by atoms with Gasteiger partial charge < -0.3 is 15.5 Å². The second-order valence-electron chi connectivity index (χ2n) is 6.48. The molecule has 1 rings (SSSR count). The number of rotatable bonds is 11. The summed E-state index contributed by atoms with van der Waals surface area (Å²) in [4.78, 5) is 23.4. The molecule has 2 atom stereocenters. The van der Waals surface area contributed by atoms with Crippen LogP contribution in [0.2, 0.25) is 0 Å². The lowest BCUT2D eigenvalue weighted by molar-refractivity contribution is -0.143. The predicted octanol–water partition coefficient (Wildman–Crippen LogP) is 4.06. The first-order valence-electron chi connectivity index (χ1n) is 9.05. The molecule has 0 aliphatic carbocycles. The summed E-state index contributed by atoms with van der Waals surface area (Å²) >= 11 is 0. The highest BCUT2D eigenvalue weighted by Gasteiger charge is 2.31. The minimum Gasteiger partial charge on any atom is -0.480 e. The summed E-state index contributed by atoms with van der Waals surface area (Å²) in [7, 11) is 0. The smallest absolute Gasteiger partial charge is 0.416 e. The average Bonchev–Trinajstić information content (AvgIpc) is 2.62. The van der Waals surface area contributed by atoms with Gasteiger partial charge in [0.05, 0.1) is 5.56 Å². The zero-order chi connectivity index (χ0) is 20.4. The van der Waals surface area contributed by atoms with Crippen molar-refractivity contribution in [2.75, 3.05) is 0 Å². The van der Waals surface area contributed by atoms with E-state index in [4.69, 9.17) is 0 Å². The second-order valence-corrected chi connectivity index (χ2v) is 6.48. The Hall–Kier alpha value is -2.09. The molecule has 0 saturated heterocycles. The number of unbranched alkanes of at least 4 members (excludes halogenated alkanes) is 5. The van der Waals surface area contributed by atoms with Gasteiger partial charge in [-0.3, -0.25) is 4.79 Å². The molecule has 0 aliphatic rings. The number of carbonyl (C=O) groups excluding carboxylic acids is 1. The van der Waals surface area contributed by atoms with Gasteiger partial charge in [-0.25, -0.2) is 4.79 Å². The summed E-state index contributed by atoms with van der Waals surface area (Å²) < 4.78 is 37.6. The first kappa shape index (κ1) is 23.0. The molecule has 0 radical (unpaired) electrons. The van der Waals surface area contributed by atoms with Crippen LogP contribution in [0.4, 0.5) is 13.2 Å². The lowest BCUT2D eigenvalue weighted by Gasteiger charge is -2.18. The summed E-state index contributed by atoms with van der Waals surface area (Å²) in [5.41, 5.74) is -0.936. The maximum atomic E-state index is 12.5. The van der Waals surface area contributed by atoms with Gasteiger partial charge in [0.1, 0.15) is 6.04 Å². The highest BCUT2D eigenvalue weighted by molar-refractivity contribution is 5.86. The maximum absolute atomic E-state index is 12.5. The lowest BCUT2D eigenvalue weighted by atomic mass is 10.0. The van der Waals surface area contributed by atoms with Gasteiger partial charge >= 0.3 is 12.1 Å². The molecule has 152 valence electrons. The van der Waals surface area contributed by atoms with Crippen molar-refractivity contribution in [3.05, 3.63) is 35.4 Å². The maximum Gasteiger partial charge on any atom is 0.416 e. The molecule has 3 N–H and O–H groups in total. The van der Waals surface area contributed by atoms with Gasteiger partial charge in [0.2, 0.25) is 0 Å². The van der Waals surface area contributed by atoms with Crippen LogP contribution in [0.25, 0.3) is 0 Å². The Morgan fingerprint density at radius 3 is 2.11 bits per heavy atom. The lowest BCUT2D eigenvalue weighted by Crippen LogP contribution is -2.43. The molecule has 1 aromatic rings. The fraction of sp³-hybridized carbons (Fsp3) is 0.579. The third-order valence-electron chi connectivity index (χ3n) is 4.26. The van der Waals surface area contributed by atoms with Crippen LogP contribution in [0.3, 0.4) is 0 Å². The van der Waals surface area contributed by atoms with Crippen molar-refractivity contribution < 1.29 is 33.0 Å². The van der Waals surface area contributed by atoms with Crippen molar-refractivity contribution in [2.24, 2.45) is 0 Å². The standard InChI is InChI=1S/C19H26F3NO4/c1-2-3-4-5-6-7-8-15(18(26)27)23-17(25)16(24)13-9-11-14(12-10-13)19(20,21)22/h9-12,15-16,24H,2-8H2,1H3,(H,23,25)(H,26,27)/t15-,16-/m0/s1. The van der Waals surface area contributed by atoms with Crippen molar-refractivity contribution in [2.45, 2.75) is 70.2 Å². The van der Waals surface area contributed by atoms with Crippen LogP contribution in [0.15, 0.2) is 24.3 Å². The SMILES string of the molecule is CCCCCCCC[C@H](NC(=O)[C@@H](O)c1ccc(C(F)(F)F)cc1)C(=O)O. The molecule has 5 nitrogen and oxygen atoms in total. The van der Waals surface area contributed by atoms with Crippen molar-refractivity contribution in [3.8, 4) is 0 Å². The van der Waals surface area contributed by atoms with Crippen LogP contribution < -0.4 is 5.32 Å². The fourth-order valence-electron chi connectivity index (χ4n) is 2.64. The third-order valence-corrected chi connectivity index (χ3v) is 4.26. The van der Waals surface area contributed by atoms with Crippen LogP contribution in [-0.2, 0) is 15.8 Å². The van der Waals surface area contributed by atoms with Gasteiger partial charge in [-0.15, -0.1) is 0 Å². The van der Waals surface area contributed by atoms with E-state index in [2.05, 4.69) is 12.2 Å². The summed E-state index contributed by atoms with van der Waals surface area (Å²) in [6, 6.07) is 2.37. The number of nitrogens with one attached hydrogen (secondary N) is 1. The Morgan fingerprint density at radius 1 is 1.04 bits per heavy atom. The number of halogens is 3. The number of hydrogen-bond acceptors (Lipinski definition) is 3. The van der Waals surface area contributed by atoms with E-state index in [1.165, 1.54) is 0 Å². The van der Waals surface area contributed by atoms with E-state index in [0.717, 1.165) is 56.4 Å². The van der Waals surface area contributed by atoms with Crippen LogP contribution in [-0.4, -0.2) is 28.1 Å². The Kier molecular flexibility index (Phi) is 9.28. The van der Waals surface area contributed by atoms with E-state index < -0.39 is 35.8 Å². The van der Waals surface area contributed by atoms with E-state index in [1.807, 2.05) is 0 Å². The fourth-order valence-corrected chi connectivity index (χ4v) is 2.64. The molecule has 0 spiro atoms. The first-order valence-corrected chi connectivity index (χ1v) is 9.05. The second kappa shape index (κ2) is 10.9. The van der Waals surface area contributed by atoms with Crippen molar-refractivity contribution in [1.82, 2.24) is 5.32 Å². The Balaban J connectivity index is 2.58. The Labute approximate surface area is 156 Å². The molecule has 0 fully saturated rings. The van der Waals surface area contributed by atoms with Gasteiger partial charge in [-0.05, 0) is 24.1 Å². The summed E-state index contributed by atoms with van der Waals surface area (Å²) in [6.45, 7) is 2.10. The largest absolute Gasteiger partial charge is 0.480 e. The number of amides is 1. The van der Waals surface area contributed by atoms with Gasteiger partial charge in [0, 0.05) is 0 Å². The topological polar surface area (TPSA) is 86.6 Å². The van der Waals surface area contributed by atoms with Gasteiger partial charge in [-0.2, -0.15) is 13.2 Å². The predicted molar refractivity (Wildman–Crippen MR) is 94.0 cm³/mol. The Bertz CT molecular complexity index is 602. The zero-order valence-corrected chi connectivity index (χ0v) is 15.3. The van der Waals surface area contributed by atoms with Crippen molar-refractivity contribution >= 4 is 11.9 Å². The number of benzene rings is 1. The molecule has 1 aromatic carbocycles. The average molecular weight is 389 g/mol. The molecule has 0 unspecified atom stereocenters. The molecule has 0 bridgehead atoms. The zero-order valence-electron chi connectivity index (χ0n) is 15.3. The number of hydrogen-bond donors (Lipinski definition) is 3. The number of alkyl halides is 3. The number of aliphatic carboxylic acids is 1. The normalized spacial score (nSPS) is 13.8. The van der Waals surface area contributed by atoms with E-state index in [0.29, 0.717) is 6.42 Å². The molecule has 0 aromatic heterocycles. The highest BCUT2D eigenvalue weighted by Crippen LogP contribution is 2.30. The minimum absolute atomic E-state index is 0.0378. The molecule has 1 amide bonds. The van der Waals surface area contributed by atoms with Crippen LogP contribution in [0, 0.1) is 0 Å². The number of aliphatic hydroxyl groups excluding tert-OH is 1. The molecular formula is C19H26F3NO4. The molecule has 27 heavy (non-hydrogen) atoms. The first-order chi connectivity index (χ1) is 12.7. The number of carboxylic acid groups (broad SMARTS) is 1. The number of carboxylic acids is 1. The summed E-state index contributed by atoms with van der Waals surface area (Å²) in [5.74, 6) is -2.16. The molecular weight excluding hydrogens is 363 g/mol. The summed E-state index contributed by atoms with van der Waals surface area (Å²) in [6.07, 6.45) is -0.259. The molecule has 8 heteroatoms. The van der Waals surface area contributed by atoms with Crippen LogP contribution >= 0.6 is 0 Å². The monoisotopic (exact) mass is 389 g/mol. The van der Waals surface area contributed by atoms with E-state index in [1.54, 1.807) is 0 Å². The van der Waals surface area contributed by atoms with Gasteiger partial charge in [0.25, 0.3) is 5.91 Å².